The number of carbonyl (C=O) groups is 2. The van der Waals surface area contributed by atoms with E-state index in [9.17, 15) is 9.59 Å². The van der Waals surface area contributed by atoms with Gasteiger partial charge in [0.1, 0.15) is 5.75 Å². The third-order valence-electron chi connectivity index (χ3n) is 3.93. The number of nitrogens with two attached hydrogens (primary N) is 1. The van der Waals surface area contributed by atoms with Crippen LogP contribution in [0.15, 0.2) is 30.3 Å². The fraction of sp³-hybridized carbons (Fsp3) is 0.474. The van der Waals surface area contributed by atoms with Crippen LogP contribution < -0.4 is 10.5 Å². The molecule has 25 heavy (non-hydrogen) atoms. The number of hydrogen-bond acceptors (Lipinski definition) is 4. The molecule has 2 N–H and O–H groups in total. The lowest BCUT2D eigenvalue weighted by Crippen LogP contribution is -2.37. The predicted molar refractivity (Wildman–Crippen MR) is 98.1 cm³/mol. The van der Waals surface area contributed by atoms with Gasteiger partial charge in [0.15, 0.2) is 0 Å². The zero-order chi connectivity index (χ0) is 18.2. The van der Waals surface area contributed by atoms with Crippen molar-refractivity contribution in [2.75, 3.05) is 32.7 Å². The predicted octanol–water partition coefficient (Wildman–Crippen LogP) is 1.51. The van der Waals surface area contributed by atoms with E-state index in [0.717, 1.165) is 24.3 Å². The summed E-state index contributed by atoms with van der Waals surface area (Å²) < 4.78 is 5.67. The molecule has 1 saturated heterocycles. The van der Waals surface area contributed by atoms with Gasteiger partial charge >= 0.3 is 0 Å². The van der Waals surface area contributed by atoms with Crippen LogP contribution >= 0.6 is 0 Å². The van der Waals surface area contributed by atoms with Crippen molar-refractivity contribution in [1.29, 1.82) is 0 Å². The van der Waals surface area contributed by atoms with Crippen LogP contribution in [0, 0.1) is 0 Å². The second-order valence-electron chi connectivity index (χ2n) is 6.49. The van der Waals surface area contributed by atoms with Crippen LogP contribution in [-0.4, -0.2) is 60.4 Å². The Labute approximate surface area is 149 Å². The van der Waals surface area contributed by atoms with Gasteiger partial charge in [0.25, 0.3) is 0 Å². The van der Waals surface area contributed by atoms with Crippen LogP contribution in [0.25, 0.3) is 6.08 Å². The Hall–Kier alpha value is -2.34. The first kappa shape index (κ1) is 19.0. The number of amides is 2. The second-order valence-corrected chi connectivity index (χ2v) is 6.49. The summed E-state index contributed by atoms with van der Waals surface area (Å²) in [7, 11) is 0. The monoisotopic (exact) mass is 345 g/mol. The zero-order valence-corrected chi connectivity index (χ0v) is 15.0. The molecule has 0 unspecified atom stereocenters. The highest BCUT2D eigenvalue weighted by Gasteiger charge is 2.18. The van der Waals surface area contributed by atoms with Crippen LogP contribution in [0.5, 0.6) is 5.75 Å². The standard InChI is InChI=1S/C19H27N3O3/c1-15(2)25-17-6-3-5-16(13-17)7-8-19(24)22-10-4-9-21(11-12-22)14-18(20)23/h3,5-8,13,15H,4,9-12,14H2,1-2H3,(H2,20,23)/b8-7+. The van der Waals surface area contributed by atoms with Crippen molar-refractivity contribution in [3.8, 4) is 5.75 Å². The van der Waals surface area contributed by atoms with Gasteiger partial charge in [-0.15, -0.1) is 0 Å². The van der Waals surface area contributed by atoms with E-state index in [4.69, 9.17) is 10.5 Å². The van der Waals surface area contributed by atoms with Gasteiger partial charge in [0.05, 0.1) is 12.6 Å². The van der Waals surface area contributed by atoms with Gasteiger partial charge < -0.3 is 15.4 Å². The Balaban J connectivity index is 1.92. The summed E-state index contributed by atoms with van der Waals surface area (Å²) in [5, 5.41) is 0. The normalized spacial score (nSPS) is 16.2. The van der Waals surface area contributed by atoms with E-state index < -0.39 is 0 Å². The van der Waals surface area contributed by atoms with E-state index >= 15 is 0 Å². The molecule has 0 bridgehead atoms. The van der Waals surface area contributed by atoms with Crippen molar-refractivity contribution in [3.63, 3.8) is 0 Å². The number of rotatable bonds is 6. The average Bonchev–Trinajstić information content (AvgIpc) is 2.77. The summed E-state index contributed by atoms with van der Waals surface area (Å²) in [6.07, 6.45) is 4.35. The maximum atomic E-state index is 12.4. The van der Waals surface area contributed by atoms with Crippen molar-refractivity contribution >= 4 is 17.9 Å². The number of ether oxygens (including phenoxy) is 1. The number of hydrogen-bond donors (Lipinski definition) is 1. The van der Waals surface area contributed by atoms with Gasteiger partial charge in [0, 0.05) is 32.3 Å². The number of benzene rings is 1. The fourth-order valence-corrected chi connectivity index (χ4v) is 2.81. The molecule has 0 aliphatic carbocycles. The third-order valence-corrected chi connectivity index (χ3v) is 3.93. The molecule has 0 spiro atoms. The van der Waals surface area contributed by atoms with Gasteiger partial charge in [0.2, 0.25) is 11.8 Å². The zero-order valence-electron chi connectivity index (χ0n) is 15.0. The third kappa shape index (κ3) is 6.58. The van der Waals surface area contributed by atoms with E-state index in [2.05, 4.69) is 0 Å². The molecule has 0 radical (unpaired) electrons. The summed E-state index contributed by atoms with van der Waals surface area (Å²) in [6, 6.07) is 7.67. The molecule has 6 nitrogen and oxygen atoms in total. The molecule has 1 heterocycles. The van der Waals surface area contributed by atoms with Crippen molar-refractivity contribution in [2.45, 2.75) is 26.4 Å². The summed E-state index contributed by atoms with van der Waals surface area (Å²) in [5.74, 6) is 0.445. The van der Waals surface area contributed by atoms with Crippen molar-refractivity contribution in [1.82, 2.24) is 9.80 Å². The molecule has 1 aliphatic rings. The highest BCUT2D eigenvalue weighted by Crippen LogP contribution is 2.16. The Bertz CT molecular complexity index is 628. The van der Waals surface area contributed by atoms with E-state index in [1.54, 1.807) is 6.08 Å². The van der Waals surface area contributed by atoms with Gasteiger partial charge in [-0.1, -0.05) is 12.1 Å². The number of nitrogens with zero attached hydrogens (tertiary/aromatic N) is 2. The maximum absolute atomic E-state index is 12.4. The van der Waals surface area contributed by atoms with E-state index in [1.165, 1.54) is 0 Å². The lowest BCUT2D eigenvalue weighted by molar-refractivity contribution is -0.125. The molecule has 2 amide bonds. The lowest BCUT2D eigenvalue weighted by atomic mass is 10.2. The Morgan fingerprint density at radius 1 is 1.24 bits per heavy atom. The van der Waals surface area contributed by atoms with Crippen LogP contribution in [-0.2, 0) is 9.59 Å². The van der Waals surface area contributed by atoms with Gasteiger partial charge in [-0.2, -0.15) is 0 Å². The second kappa shape index (κ2) is 9.22. The Morgan fingerprint density at radius 3 is 2.76 bits per heavy atom. The van der Waals surface area contributed by atoms with Crippen molar-refractivity contribution in [2.24, 2.45) is 5.73 Å². The molecule has 2 rings (SSSR count). The summed E-state index contributed by atoms with van der Waals surface area (Å²) in [5.41, 5.74) is 6.17. The largest absolute Gasteiger partial charge is 0.491 e. The fourth-order valence-electron chi connectivity index (χ4n) is 2.81. The first-order valence-corrected chi connectivity index (χ1v) is 8.68. The Kier molecular flexibility index (Phi) is 7.01. The van der Waals surface area contributed by atoms with Crippen LogP contribution in [0.2, 0.25) is 0 Å². The van der Waals surface area contributed by atoms with Crippen LogP contribution in [0.1, 0.15) is 25.8 Å². The number of carbonyl (C=O) groups excluding carboxylic acids is 2. The Morgan fingerprint density at radius 2 is 2.04 bits per heavy atom. The van der Waals surface area contributed by atoms with E-state index in [-0.39, 0.29) is 24.5 Å². The van der Waals surface area contributed by atoms with Crippen molar-refractivity contribution in [3.05, 3.63) is 35.9 Å². The first-order chi connectivity index (χ1) is 11.9. The minimum atomic E-state index is -0.330. The molecule has 1 aromatic rings. The van der Waals surface area contributed by atoms with E-state index in [1.807, 2.05) is 54.0 Å². The minimum Gasteiger partial charge on any atom is -0.491 e. The van der Waals surface area contributed by atoms with Gasteiger partial charge in [-0.3, -0.25) is 14.5 Å². The molecule has 136 valence electrons. The summed E-state index contributed by atoms with van der Waals surface area (Å²) >= 11 is 0. The molecule has 1 fully saturated rings. The molecular formula is C19H27N3O3. The molecule has 0 saturated carbocycles. The first-order valence-electron chi connectivity index (χ1n) is 8.68. The molecule has 0 aromatic heterocycles. The molecular weight excluding hydrogens is 318 g/mol. The van der Waals surface area contributed by atoms with Gasteiger partial charge in [-0.25, -0.2) is 0 Å². The maximum Gasteiger partial charge on any atom is 0.246 e. The highest BCUT2D eigenvalue weighted by atomic mass is 16.5. The van der Waals surface area contributed by atoms with Crippen molar-refractivity contribution < 1.29 is 14.3 Å². The molecule has 1 aliphatic heterocycles. The number of primary amides is 1. The summed E-state index contributed by atoms with van der Waals surface area (Å²) in [4.78, 5) is 27.2. The van der Waals surface area contributed by atoms with Gasteiger partial charge in [-0.05, 0) is 44.0 Å². The lowest BCUT2D eigenvalue weighted by Gasteiger charge is -2.20. The van der Waals surface area contributed by atoms with E-state index in [0.29, 0.717) is 19.6 Å². The topological polar surface area (TPSA) is 75.9 Å². The molecule has 0 atom stereocenters. The minimum absolute atomic E-state index is 0.0175. The summed E-state index contributed by atoms with van der Waals surface area (Å²) in [6.45, 7) is 6.95. The molecule has 1 aromatic carbocycles. The highest BCUT2D eigenvalue weighted by molar-refractivity contribution is 5.91. The van der Waals surface area contributed by atoms with Crippen LogP contribution in [0.4, 0.5) is 0 Å². The molecule has 6 heteroatoms. The SMILES string of the molecule is CC(C)Oc1cccc(/C=C/C(=O)N2CCCN(CC(N)=O)CC2)c1. The quantitative estimate of drug-likeness (QED) is 0.793. The average molecular weight is 345 g/mol. The smallest absolute Gasteiger partial charge is 0.246 e. The van der Waals surface area contributed by atoms with Crippen LogP contribution in [0.3, 0.4) is 0 Å².